The molecule has 0 atom stereocenters. The molecule has 3 rings (SSSR count). The van der Waals surface area contributed by atoms with Crippen molar-refractivity contribution in [3.8, 4) is 0 Å². The van der Waals surface area contributed by atoms with Crippen molar-refractivity contribution in [2.24, 2.45) is 0 Å². The van der Waals surface area contributed by atoms with E-state index in [-0.39, 0.29) is 18.4 Å². The number of hydrogen-bond donors (Lipinski definition) is 2. The average Bonchev–Trinajstić information content (AvgIpc) is 3.27. The summed E-state index contributed by atoms with van der Waals surface area (Å²) in [6, 6.07) is 6.55. The van der Waals surface area contributed by atoms with Gasteiger partial charge in [0.2, 0.25) is 5.91 Å². The topological polar surface area (TPSA) is 78.1 Å². The summed E-state index contributed by atoms with van der Waals surface area (Å²) in [6.45, 7) is -0.0926. The van der Waals surface area contributed by atoms with Gasteiger partial charge in [-0.05, 0) is 37.1 Å². The molecular weight excluding hydrogens is 351 g/mol. The molecule has 1 aromatic carbocycles. The van der Waals surface area contributed by atoms with E-state index in [2.05, 4.69) is 15.5 Å². The van der Waals surface area contributed by atoms with Crippen molar-refractivity contribution in [3.63, 3.8) is 0 Å². The molecule has 2 amide bonds. The van der Waals surface area contributed by atoms with E-state index >= 15 is 0 Å². The van der Waals surface area contributed by atoms with Crippen molar-refractivity contribution < 1.29 is 9.59 Å². The maximum absolute atomic E-state index is 12.3. The molecule has 0 unspecified atom stereocenters. The number of benzene rings is 1. The van der Waals surface area contributed by atoms with Crippen molar-refractivity contribution in [2.75, 3.05) is 18.9 Å². The predicted octanol–water partition coefficient (Wildman–Crippen LogP) is 3.30. The van der Waals surface area contributed by atoms with Gasteiger partial charge in [0.05, 0.1) is 16.6 Å². The van der Waals surface area contributed by atoms with Gasteiger partial charge in [-0.1, -0.05) is 23.2 Å². The first-order valence-corrected chi connectivity index (χ1v) is 8.25. The number of likely N-dealkylation sites (N-methyl/N-ethyl adjacent to an activating group) is 1. The van der Waals surface area contributed by atoms with Gasteiger partial charge >= 0.3 is 0 Å². The standard InChI is InChI=1S/C16H16Cl2N4O2/c1-22(16(24)14-7-13(20-21-14)9-2-3-9)8-15(23)19-10-4-5-11(17)12(18)6-10/h4-7,9H,2-3,8H2,1H3,(H,19,23)(H,20,21). The Balaban J connectivity index is 1.58. The second-order valence-corrected chi connectivity index (χ2v) is 6.64. The first-order chi connectivity index (χ1) is 11.4. The van der Waals surface area contributed by atoms with Crippen LogP contribution in [0.1, 0.15) is 34.9 Å². The zero-order valence-electron chi connectivity index (χ0n) is 13.0. The molecule has 24 heavy (non-hydrogen) atoms. The molecule has 2 aromatic rings. The molecule has 0 bridgehead atoms. The minimum absolute atomic E-state index is 0.0926. The number of amides is 2. The molecule has 1 heterocycles. The van der Waals surface area contributed by atoms with E-state index in [0.717, 1.165) is 18.5 Å². The minimum Gasteiger partial charge on any atom is -0.331 e. The van der Waals surface area contributed by atoms with Gasteiger partial charge in [-0.2, -0.15) is 5.10 Å². The number of anilines is 1. The Morgan fingerprint density at radius 3 is 2.71 bits per heavy atom. The van der Waals surface area contributed by atoms with Crippen LogP contribution in [0, 0.1) is 0 Å². The summed E-state index contributed by atoms with van der Waals surface area (Å²) in [7, 11) is 1.56. The van der Waals surface area contributed by atoms with Gasteiger partial charge < -0.3 is 10.2 Å². The van der Waals surface area contributed by atoms with Crippen LogP contribution in [0.4, 0.5) is 5.69 Å². The highest BCUT2D eigenvalue weighted by Crippen LogP contribution is 2.39. The summed E-state index contributed by atoms with van der Waals surface area (Å²) >= 11 is 11.7. The van der Waals surface area contributed by atoms with Crippen LogP contribution in [0.25, 0.3) is 0 Å². The number of carbonyl (C=O) groups is 2. The van der Waals surface area contributed by atoms with E-state index in [9.17, 15) is 9.59 Å². The monoisotopic (exact) mass is 366 g/mol. The van der Waals surface area contributed by atoms with Crippen LogP contribution in [0.5, 0.6) is 0 Å². The lowest BCUT2D eigenvalue weighted by molar-refractivity contribution is -0.116. The molecule has 0 saturated heterocycles. The van der Waals surface area contributed by atoms with E-state index in [1.807, 2.05) is 0 Å². The van der Waals surface area contributed by atoms with Crippen molar-refractivity contribution in [3.05, 3.63) is 45.7 Å². The predicted molar refractivity (Wildman–Crippen MR) is 92.6 cm³/mol. The van der Waals surface area contributed by atoms with Crippen LogP contribution in [-0.2, 0) is 4.79 Å². The number of nitrogens with zero attached hydrogens (tertiary/aromatic N) is 2. The van der Waals surface area contributed by atoms with Gasteiger partial charge in [-0.25, -0.2) is 0 Å². The van der Waals surface area contributed by atoms with E-state index in [0.29, 0.717) is 27.3 Å². The third kappa shape index (κ3) is 3.88. The molecule has 1 aliphatic carbocycles. The Kier molecular flexibility index (Phi) is 4.78. The normalized spacial score (nSPS) is 13.6. The molecule has 6 nitrogen and oxygen atoms in total. The van der Waals surface area contributed by atoms with Gasteiger partial charge in [0.1, 0.15) is 5.69 Å². The van der Waals surface area contributed by atoms with Gasteiger partial charge in [0, 0.05) is 24.3 Å². The molecule has 1 aliphatic rings. The van der Waals surface area contributed by atoms with Gasteiger partial charge in [-0.3, -0.25) is 14.7 Å². The number of aromatic amines is 1. The fourth-order valence-corrected chi connectivity index (χ4v) is 2.60. The van der Waals surface area contributed by atoms with Gasteiger partial charge in [-0.15, -0.1) is 0 Å². The third-order valence-corrected chi connectivity index (χ3v) is 4.50. The Morgan fingerprint density at radius 1 is 1.29 bits per heavy atom. The number of rotatable bonds is 5. The smallest absolute Gasteiger partial charge is 0.274 e. The van der Waals surface area contributed by atoms with Crippen molar-refractivity contribution in [2.45, 2.75) is 18.8 Å². The highest BCUT2D eigenvalue weighted by molar-refractivity contribution is 6.42. The largest absolute Gasteiger partial charge is 0.331 e. The Bertz CT molecular complexity index is 786. The van der Waals surface area contributed by atoms with Gasteiger partial charge in [0.25, 0.3) is 5.91 Å². The van der Waals surface area contributed by atoms with Crippen LogP contribution in [0.3, 0.4) is 0 Å². The number of aromatic nitrogens is 2. The van der Waals surface area contributed by atoms with E-state index in [4.69, 9.17) is 23.2 Å². The highest BCUT2D eigenvalue weighted by atomic mass is 35.5. The number of halogens is 2. The molecule has 0 aliphatic heterocycles. The number of carbonyl (C=O) groups excluding carboxylic acids is 2. The fraction of sp³-hybridized carbons (Fsp3) is 0.312. The van der Waals surface area contributed by atoms with Crippen LogP contribution >= 0.6 is 23.2 Å². The van der Waals surface area contributed by atoms with Gasteiger partial charge in [0.15, 0.2) is 0 Å². The maximum Gasteiger partial charge on any atom is 0.274 e. The number of nitrogens with one attached hydrogen (secondary N) is 2. The van der Waals surface area contributed by atoms with Crippen LogP contribution in [0.2, 0.25) is 10.0 Å². The first kappa shape index (κ1) is 16.8. The summed E-state index contributed by atoms with van der Waals surface area (Å²) in [6.07, 6.45) is 2.25. The highest BCUT2D eigenvalue weighted by Gasteiger charge is 2.27. The summed E-state index contributed by atoms with van der Waals surface area (Å²) in [5.74, 6) is -0.146. The van der Waals surface area contributed by atoms with E-state index in [1.54, 1.807) is 31.3 Å². The van der Waals surface area contributed by atoms with Crippen molar-refractivity contribution in [1.29, 1.82) is 0 Å². The first-order valence-electron chi connectivity index (χ1n) is 7.49. The molecule has 0 spiro atoms. The Hall–Kier alpha value is -2.05. The SMILES string of the molecule is CN(CC(=O)Nc1ccc(Cl)c(Cl)c1)C(=O)c1cc(C2CC2)[nH]n1. The Morgan fingerprint density at radius 2 is 2.04 bits per heavy atom. The second-order valence-electron chi connectivity index (χ2n) is 5.82. The zero-order valence-corrected chi connectivity index (χ0v) is 14.5. The zero-order chi connectivity index (χ0) is 17.3. The van der Waals surface area contributed by atoms with E-state index < -0.39 is 0 Å². The lowest BCUT2D eigenvalue weighted by Gasteiger charge is -2.15. The minimum atomic E-state index is -0.331. The van der Waals surface area contributed by atoms with Crippen molar-refractivity contribution >= 4 is 40.7 Å². The molecule has 1 fully saturated rings. The molecule has 0 radical (unpaired) electrons. The van der Waals surface area contributed by atoms with Crippen LogP contribution in [-0.4, -0.2) is 40.5 Å². The van der Waals surface area contributed by atoms with Crippen LogP contribution < -0.4 is 5.32 Å². The number of hydrogen-bond acceptors (Lipinski definition) is 3. The molecular formula is C16H16Cl2N4O2. The lowest BCUT2D eigenvalue weighted by Crippen LogP contribution is -2.35. The van der Waals surface area contributed by atoms with Crippen LogP contribution in [0.15, 0.2) is 24.3 Å². The molecule has 126 valence electrons. The lowest BCUT2D eigenvalue weighted by atomic mass is 10.2. The maximum atomic E-state index is 12.3. The molecule has 1 saturated carbocycles. The second kappa shape index (κ2) is 6.83. The molecule has 1 aromatic heterocycles. The van der Waals surface area contributed by atoms with Crippen molar-refractivity contribution in [1.82, 2.24) is 15.1 Å². The number of H-pyrrole nitrogens is 1. The third-order valence-electron chi connectivity index (χ3n) is 3.76. The summed E-state index contributed by atoms with van der Waals surface area (Å²) in [4.78, 5) is 25.7. The summed E-state index contributed by atoms with van der Waals surface area (Å²) < 4.78 is 0. The summed E-state index contributed by atoms with van der Waals surface area (Å²) in [5.41, 5.74) is 1.82. The summed E-state index contributed by atoms with van der Waals surface area (Å²) in [5, 5.41) is 10.3. The Labute approximate surface area is 149 Å². The molecule has 2 N–H and O–H groups in total. The molecule has 8 heteroatoms. The average molecular weight is 367 g/mol. The quantitative estimate of drug-likeness (QED) is 0.851. The fourth-order valence-electron chi connectivity index (χ4n) is 2.31. The van der Waals surface area contributed by atoms with E-state index in [1.165, 1.54) is 4.90 Å².